The summed E-state index contributed by atoms with van der Waals surface area (Å²) < 4.78 is 26.3. The summed E-state index contributed by atoms with van der Waals surface area (Å²) in [5.74, 6) is -2.70. The van der Waals surface area contributed by atoms with Crippen LogP contribution < -0.4 is 5.32 Å². The average molecular weight is 368 g/mol. The zero-order valence-electron chi connectivity index (χ0n) is 16.5. The number of nitrogens with one attached hydrogen (secondary N) is 1. The van der Waals surface area contributed by atoms with Gasteiger partial charge in [0.2, 0.25) is 0 Å². The van der Waals surface area contributed by atoms with Gasteiger partial charge in [-0.2, -0.15) is 0 Å². The molecule has 0 aromatic heterocycles. The van der Waals surface area contributed by atoms with Crippen LogP contribution in [0.15, 0.2) is 61.4 Å². The molecule has 0 spiro atoms. The minimum absolute atomic E-state index is 0.0327. The fraction of sp³-hybridized carbons (Fsp3) is 0.391. The van der Waals surface area contributed by atoms with Crippen LogP contribution in [0.4, 0.5) is 8.78 Å². The molecule has 1 N–H and O–H groups in total. The molecule has 27 heavy (non-hydrogen) atoms. The second-order valence-corrected chi connectivity index (χ2v) is 7.45. The Kier molecular flexibility index (Phi) is 7.23. The highest BCUT2D eigenvalue weighted by molar-refractivity contribution is 6.38. The summed E-state index contributed by atoms with van der Waals surface area (Å²) in [4.78, 5) is 0. The van der Waals surface area contributed by atoms with Gasteiger partial charge in [0.15, 0.2) is 0 Å². The summed E-state index contributed by atoms with van der Waals surface area (Å²) in [6.45, 7) is 15.0. The van der Waals surface area contributed by atoms with E-state index in [4.69, 9.17) is 0 Å². The molecule has 0 aliphatic carbocycles. The number of rotatable bonds is 9. The van der Waals surface area contributed by atoms with Gasteiger partial charge in [-0.15, -0.1) is 0 Å². The molecule has 4 heteroatoms. The zero-order chi connectivity index (χ0) is 20.0. The van der Waals surface area contributed by atoms with Gasteiger partial charge in [0.1, 0.15) is 7.28 Å². The van der Waals surface area contributed by atoms with Gasteiger partial charge in [-0.25, -0.2) is 8.78 Å². The van der Waals surface area contributed by atoms with Crippen LogP contribution >= 0.6 is 0 Å². The first-order valence-electron chi connectivity index (χ1n) is 9.44. The molecule has 2 rings (SSSR count). The zero-order valence-corrected chi connectivity index (χ0v) is 16.5. The van der Waals surface area contributed by atoms with Crippen molar-refractivity contribution in [2.75, 3.05) is 0 Å². The van der Waals surface area contributed by atoms with E-state index in [2.05, 4.69) is 50.5 Å². The number of halogens is 2. The summed E-state index contributed by atoms with van der Waals surface area (Å²) in [5, 5.41) is 3.15. The number of allylic oxidation sites excluding steroid dienone is 5. The predicted octanol–water partition coefficient (Wildman–Crippen LogP) is 5.85. The van der Waals surface area contributed by atoms with E-state index >= 15 is 0 Å². The first kappa shape index (κ1) is 21.2. The molecule has 1 aliphatic rings. The highest BCUT2D eigenvalue weighted by Crippen LogP contribution is 2.29. The van der Waals surface area contributed by atoms with Crippen LogP contribution in [0, 0.1) is 0 Å². The smallest absolute Gasteiger partial charge is 0.250 e. The molecule has 0 amide bonds. The monoisotopic (exact) mass is 368 g/mol. The molecule has 1 unspecified atom stereocenters. The van der Waals surface area contributed by atoms with Crippen LogP contribution in [0.25, 0.3) is 5.57 Å². The van der Waals surface area contributed by atoms with E-state index in [-0.39, 0.29) is 12.4 Å². The molecule has 1 aromatic carbocycles. The quantitative estimate of drug-likeness (QED) is 0.426. The van der Waals surface area contributed by atoms with Crippen LogP contribution in [0.1, 0.15) is 49.8 Å². The lowest BCUT2D eigenvalue weighted by Gasteiger charge is -2.29. The van der Waals surface area contributed by atoms with E-state index in [1.165, 1.54) is 16.7 Å². The second-order valence-electron chi connectivity index (χ2n) is 7.45. The molecule has 1 nitrogen and oxygen atoms in total. The number of hydrogen-bond donors (Lipinski definition) is 1. The fourth-order valence-electron chi connectivity index (χ4n) is 3.54. The van der Waals surface area contributed by atoms with Crippen molar-refractivity contribution in [2.24, 2.45) is 0 Å². The molecule has 143 valence electrons. The Labute approximate surface area is 163 Å². The Hall–Kier alpha value is -2.10. The van der Waals surface area contributed by atoms with Crippen molar-refractivity contribution in [1.82, 2.24) is 5.32 Å². The van der Waals surface area contributed by atoms with Crippen molar-refractivity contribution < 1.29 is 8.78 Å². The summed E-state index contributed by atoms with van der Waals surface area (Å²) in [7, 11) is 2.15. The van der Waals surface area contributed by atoms with Crippen LogP contribution in [0.5, 0.6) is 0 Å². The molecule has 0 saturated heterocycles. The van der Waals surface area contributed by atoms with Crippen LogP contribution in [0.2, 0.25) is 0 Å². The lowest BCUT2D eigenvalue weighted by atomic mass is 9.57. The van der Waals surface area contributed by atoms with Crippen molar-refractivity contribution >= 4 is 12.9 Å². The van der Waals surface area contributed by atoms with Crippen molar-refractivity contribution in [3.63, 3.8) is 0 Å². The highest BCUT2D eigenvalue weighted by Gasteiger charge is 2.26. The second kappa shape index (κ2) is 9.21. The SMILES string of the molecule is C=C(/C=C\C)CCC(=C)c1cccc2c1C[B]C(NC(=C)CC(C)(F)F)C2. The van der Waals surface area contributed by atoms with Gasteiger partial charge < -0.3 is 5.32 Å². The van der Waals surface area contributed by atoms with Crippen LogP contribution in [0.3, 0.4) is 0 Å². The molecular weight excluding hydrogens is 339 g/mol. The van der Waals surface area contributed by atoms with Crippen LogP contribution in [-0.4, -0.2) is 19.1 Å². The maximum Gasteiger partial charge on any atom is 0.250 e. The van der Waals surface area contributed by atoms with E-state index in [1.807, 2.05) is 19.1 Å². The number of hydrogen-bond acceptors (Lipinski definition) is 1. The van der Waals surface area contributed by atoms with Gasteiger partial charge in [0.05, 0.1) is 6.42 Å². The van der Waals surface area contributed by atoms with Gasteiger partial charge >= 0.3 is 0 Å². The fourth-order valence-corrected chi connectivity index (χ4v) is 3.54. The normalized spacial score (nSPS) is 16.5. The summed E-state index contributed by atoms with van der Waals surface area (Å²) in [5.41, 5.74) is 6.35. The van der Waals surface area contributed by atoms with Crippen molar-refractivity contribution in [3.8, 4) is 0 Å². The lowest BCUT2D eigenvalue weighted by molar-refractivity contribution is 0.0211. The van der Waals surface area contributed by atoms with Crippen molar-refractivity contribution in [2.45, 2.75) is 57.7 Å². The molecule has 0 fully saturated rings. The van der Waals surface area contributed by atoms with E-state index in [9.17, 15) is 8.78 Å². The standard InChI is InChI=1S/C23H29BF2N/c1-6-8-16(2)11-12-17(3)20-10-7-9-19-13-22(24-15-21(19)20)27-18(4)14-23(5,25)26/h6-10,22,27H,2-4,11-15H2,1,5H3/b8-6-. The Morgan fingerprint density at radius 3 is 2.70 bits per heavy atom. The Balaban J connectivity index is 2.02. The van der Waals surface area contributed by atoms with E-state index in [0.717, 1.165) is 43.7 Å². The Morgan fingerprint density at radius 1 is 1.30 bits per heavy atom. The maximum absolute atomic E-state index is 13.2. The first-order chi connectivity index (χ1) is 12.7. The van der Waals surface area contributed by atoms with Gasteiger partial charge in [-0.1, -0.05) is 62.0 Å². The minimum atomic E-state index is -2.74. The van der Waals surface area contributed by atoms with E-state index in [0.29, 0.717) is 5.70 Å². The lowest BCUT2D eigenvalue weighted by Crippen LogP contribution is -2.41. The topological polar surface area (TPSA) is 12.0 Å². The largest absolute Gasteiger partial charge is 0.394 e. The van der Waals surface area contributed by atoms with Gasteiger partial charge in [0.25, 0.3) is 5.92 Å². The van der Waals surface area contributed by atoms with Gasteiger partial charge in [0, 0.05) is 5.70 Å². The van der Waals surface area contributed by atoms with E-state index in [1.54, 1.807) is 0 Å². The third-order valence-electron chi connectivity index (χ3n) is 4.76. The molecule has 1 aliphatic heterocycles. The minimum Gasteiger partial charge on any atom is -0.394 e. The maximum atomic E-state index is 13.2. The summed E-state index contributed by atoms with van der Waals surface area (Å²) in [6.07, 6.45) is 7.04. The third-order valence-corrected chi connectivity index (χ3v) is 4.76. The number of fused-ring (bicyclic) bond motifs is 1. The molecule has 1 heterocycles. The van der Waals surface area contributed by atoms with Gasteiger partial charge in [-0.05, 0) is 61.3 Å². The molecular formula is C23H29BF2N. The predicted molar refractivity (Wildman–Crippen MR) is 113 cm³/mol. The molecule has 1 atom stereocenters. The van der Waals surface area contributed by atoms with Crippen LogP contribution in [-0.2, 0) is 12.7 Å². The summed E-state index contributed by atoms with van der Waals surface area (Å²) >= 11 is 0. The Bertz CT molecular complexity index is 743. The highest BCUT2D eigenvalue weighted by atomic mass is 19.3. The summed E-state index contributed by atoms with van der Waals surface area (Å²) in [6, 6.07) is 6.29. The third kappa shape index (κ3) is 6.53. The number of alkyl halides is 2. The number of benzene rings is 1. The Morgan fingerprint density at radius 2 is 2.04 bits per heavy atom. The average Bonchev–Trinajstić information content (AvgIpc) is 2.57. The molecule has 0 saturated carbocycles. The van der Waals surface area contributed by atoms with Crippen molar-refractivity contribution in [3.05, 3.63) is 78.0 Å². The molecule has 1 radical (unpaired) electrons. The van der Waals surface area contributed by atoms with Gasteiger partial charge in [-0.3, -0.25) is 0 Å². The molecule has 1 aromatic rings. The van der Waals surface area contributed by atoms with Crippen molar-refractivity contribution in [1.29, 1.82) is 0 Å². The first-order valence-corrected chi connectivity index (χ1v) is 9.44. The molecule has 0 bridgehead atoms. The van der Waals surface area contributed by atoms with E-state index < -0.39 is 5.92 Å².